The number of hydrogen-bond donors (Lipinski definition) is 1. The van der Waals surface area contributed by atoms with Gasteiger partial charge < -0.3 is 10.0 Å². The summed E-state index contributed by atoms with van der Waals surface area (Å²) in [6.07, 6.45) is -4.69. The lowest BCUT2D eigenvalue weighted by Gasteiger charge is -2.29. The van der Waals surface area contributed by atoms with Gasteiger partial charge in [-0.15, -0.1) is 0 Å². The monoisotopic (exact) mass is 406 g/mol. The highest BCUT2D eigenvalue weighted by molar-refractivity contribution is 5.89. The normalized spacial score (nSPS) is 15.6. The number of anilines is 1. The van der Waals surface area contributed by atoms with E-state index < -0.39 is 35.2 Å². The molecule has 1 N–H and O–H groups in total. The number of rotatable bonds is 5. The molecule has 2 aromatic rings. The predicted molar refractivity (Wildman–Crippen MR) is 99.4 cm³/mol. The highest BCUT2D eigenvalue weighted by atomic mass is 19.4. The van der Waals surface area contributed by atoms with Crippen molar-refractivity contribution in [3.05, 3.63) is 70.3 Å². The molecule has 152 valence electrons. The molecule has 0 saturated carbocycles. The van der Waals surface area contributed by atoms with E-state index in [1.165, 1.54) is 19.1 Å². The van der Waals surface area contributed by atoms with E-state index in [-0.39, 0.29) is 17.9 Å². The van der Waals surface area contributed by atoms with Crippen LogP contribution in [0.5, 0.6) is 0 Å². The van der Waals surface area contributed by atoms with Gasteiger partial charge in [0.1, 0.15) is 11.4 Å². The maximum absolute atomic E-state index is 13.9. The second kappa shape index (κ2) is 7.48. The van der Waals surface area contributed by atoms with Crippen molar-refractivity contribution < 1.29 is 27.5 Å². The van der Waals surface area contributed by atoms with Crippen molar-refractivity contribution >= 4 is 17.2 Å². The minimum atomic E-state index is -4.72. The van der Waals surface area contributed by atoms with Gasteiger partial charge in [-0.1, -0.05) is 24.3 Å². The van der Waals surface area contributed by atoms with Crippen LogP contribution in [0.25, 0.3) is 4.85 Å². The Morgan fingerprint density at radius 1 is 1.28 bits per heavy atom. The van der Waals surface area contributed by atoms with E-state index in [9.17, 15) is 27.5 Å². The van der Waals surface area contributed by atoms with E-state index in [1.54, 1.807) is 17.0 Å². The van der Waals surface area contributed by atoms with Crippen LogP contribution in [-0.4, -0.2) is 29.6 Å². The summed E-state index contributed by atoms with van der Waals surface area (Å²) >= 11 is 0. The first kappa shape index (κ1) is 20.8. The summed E-state index contributed by atoms with van der Waals surface area (Å²) in [6, 6.07) is 7.65. The summed E-state index contributed by atoms with van der Waals surface area (Å²) in [4.78, 5) is 17.2. The molecule has 29 heavy (non-hydrogen) atoms. The zero-order valence-electron chi connectivity index (χ0n) is 15.6. The number of carbonyl (C=O) groups excluding carboxylic acids is 1. The zero-order valence-corrected chi connectivity index (χ0v) is 15.6. The van der Waals surface area contributed by atoms with Crippen LogP contribution < -0.4 is 4.90 Å². The molecule has 3 rings (SSSR count). The summed E-state index contributed by atoms with van der Waals surface area (Å²) in [5.74, 6) is -1.01. The SMILES string of the molecule is [C-]#[N+]c1ccc(CC(=O)[C@@](C)(O)CN2CCc3c(F)cccc32)cc1C(F)(F)F. The molecular formula is C21H18F4N2O2. The van der Waals surface area contributed by atoms with Crippen molar-refractivity contribution in [3.63, 3.8) is 0 Å². The lowest BCUT2D eigenvalue weighted by atomic mass is 9.93. The molecule has 1 aliphatic rings. The topological polar surface area (TPSA) is 44.9 Å². The van der Waals surface area contributed by atoms with Crippen LogP contribution in [0.15, 0.2) is 36.4 Å². The molecule has 0 radical (unpaired) electrons. The Kier molecular flexibility index (Phi) is 5.37. The highest BCUT2D eigenvalue weighted by Gasteiger charge is 2.36. The zero-order chi connectivity index (χ0) is 21.4. The van der Waals surface area contributed by atoms with Crippen LogP contribution in [0.4, 0.5) is 28.9 Å². The van der Waals surface area contributed by atoms with Crippen LogP contribution in [0.1, 0.15) is 23.6 Å². The maximum Gasteiger partial charge on any atom is 0.407 e. The molecule has 0 unspecified atom stereocenters. The molecular weight excluding hydrogens is 388 g/mol. The van der Waals surface area contributed by atoms with E-state index >= 15 is 0 Å². The number of β-amino-alcohol motifs (C(OH)–C–C–N with tert-alkyl or cyclic N) is 1. The van der Waals surface area contributed by atoms with Crippen molar-refractivity contribution in [1.82, 2.24) is 0 Å². The van der Waals surface area contributed by atoms with E-state index in [1.807, 2.05) is 0 Å². The molecule has 0 amide bonds. The Bertz CT molecular complexity index is 993. The van der Waals surface area contributed by atoms with Gasteiger partial charge in [0.05, 0.1) is 18.7 Å². The molecule has 0 bridgehead atoms. The molecule has 1 atom stereocenters. The molecule has 1 aliphatic heterocycles. The number of Topliss-reactive ketones (excluding diaryl/α,β-unsaturated/α-hetero) is 1. The number of ketones is 1. The molecule has 4 nitrogen and oxygen atoms in total. The second-order valence-corrected chi connectivity index (χ2v) is 7.24. The van der Waals surface area contributed by atoms with E-state index in [4.69, 9.17) is 6.57 Å². The van der Waals surface area contributed by atoms with Gasteiger partial charge in [-0.25, -0.2) is 9.24 Å². The molecule has 0 aromatic heterocycles. The third-order valence-corrected chi connectivity index (χ3v) is 5.02. The van der Waals surface area contributed by atoms with Crippen LogP contribution in [0.3, 0.4) is 0 Å². The van der Waals surface area contributed by atoms with Crippen molar-refractivity contribution in [3.8, 4) is 0 Å². The summed E-state index contributed by atoms with van der Waals surface area (Å²) in [7, 11) is 0. The summed E-state index contributed by atoms with van der Waals surface area (Å²) in [6.45, 7) is 8.48. The number of benzene rings is 2. The minimum absolute atomic E-state index is 0.0582. The number of fused-ring (bicyclic) bond motifs is 1. The Labute approximate surface area is 165 Å². The van der Waals surface area contributed by atoms with E-state index in [2.05, 4.69) is 4.85 Å². The van der Waals surface area contributed by atoms with Gasteiger partial charge in [0.15, 0.2) is 11.5 Å². The van der Waals surface area contributed by atoms with Crippen LogP contribution >= 0.6 is 0 Å². The quantitative estimate of drug-likeness (QED) is 0.594. The maximum atomic E-state index is 13.9. The number of carbonyl (C=O) groups is 1. The van der Waals surface area contributed by atoms with Crippen molar-refractivity contribution in [2.75, 3.05) is 18.0 Å². The second-order valence-electron chi connectivity index (χ2n) is 7.24. The first-order valence-electron chi connectivity index (χ1n) is 8.88. The van der Waals surface area contributed by atoms with Crippen LogP contribution in [0.2, 0.25) is 0 Å². The first-order valence-corrected chi connectivity index (χ1v) is 8.88. The Balaban J connectivity index is 1.78. The number of alkyl halides is 3. The third kappa shape index (κ3) is 4.25. The fourth-order valence-electron chi connectivity index (χ4n) is 3.48. The fraction of sp³-hybridized carbons (Fsp3) is 0.333. The molecule has 0 spiro atoms. The smallest absolute Gasteiger partial charge is 0.380 e. The third-order valence-electron chi connectivity index (χ3n) is 5.02. The summed E-state index contributed by atoms with van der Waals surface area (Å²) in [5, 5.41) is 10.7. The van der Waals surface area contributed by atoms with E-state index in [0.29, 0.717) is 24.2 Å². The molecule has 1 heterocycles. The lowest BCUT2D eigenvalue weighted by molar-refractivity contribution is -0.137. The largest absolute Gasteiger partial charge is 0.407 e. The molecule has 8 heteroatoms. The van der Waals surface area contributed by atoms with Gasteiger partial charge in [0.25, 0.3) is 0 Å². The highest BCUT2D eigenvalue weighted by Crippen LogP contribution is 2.37. The summed E-state index contributed by atoms with van der Waals surface area (Å²) in [5.41, 5.74) is -2.33. The van der Waals surface area contributed by atoms with Crippen molar-refractivity contribution in [2.45, 2.75) is 31.5 Å². The number of halogens is 4. The predicted octanol–water partition coefficient (Wildman–Crippen LogP) is 4.32. The molecule has 0 saturated heterocycles. The number of hydrogen-bond acceptors (Lipinski definition) is 3. The van der Waals surface area contributed by atoms with Crippen molar-refractivity contribution in [2.24, 2.45) is 0 Å². The average molecular weight is 406 g/mol. The van der Waals surface area contributed by atoms with Gasteiger partial charge in [0, 0.05) is 24.2 Å². The van der Waals surface area contributed by atoms with Gasteiger partial charge in [-0.3, -0.25) is 4.79 Å². The first-order chi connectivity index (χ1) is 13.5. The molecule has 0 aliphatic carbocycles. The number of aliphatic hydroxyl groups is 1. The van der Waals surface area contributed by atoms with E-state index in [0.717, 1.165) is 12.1 Å². The Morgan fingerprint density at radius 3 is 2.66 bits per heavy atom. The Morgan fingerprint density at radius 2 is 2.00 bits per heavy atom. The molecule has 2 aromatic carbocycles. The lowest BCUT2D eigenvalue weighted by Crippen LogP contribution is -2.47. The summed E-state index contributed by atoms with van der Waals surface area (Å²) < 4.78 is 53.2. The molecule has 0 fully saturated rings. The van der Waals surface area contributed by atoms with Gasteiger partial charge in [-0.05, 0) is 31.0 Å². The van der Waals surface area contributed by atoms with Gasteiger partial charge in [-0.2, -0.15) is 13.2 Å². The van der Waals surface area contributed by atoms with Gasteiger partial charge >= 0.3 is 6.18 Å². The fourth-order valence-corrected chi connectivity index (χ4v) is 3.48. The standard InChI is InChI=1S/C21H18F4N2O2/c1-20(29,12-27-9-8-14-16(22)4-3-5-18(14)27)19(28)11-13-6-7-17(26-2)15(10-13)21(23,24)25/h3-7,10,29H,8-9,11-12H2,1H3/t20-/m0/s1. The average Bonchev–Trinajstić information content (AvgIpc) is 3.04. The Hall–Kier alpha value is -2.92. The van der Waals surface area contributed by atoms with Crippen LogP contribution in [0, 0.1) is 12.4 Å². The minimum Gasteiger partial charge on any atom is -0.380 e. The van der Waals surface area contributed by atoms with Crippen LogP contribution in [-0.2, 0) is 23.8 Å². The number of nitrogens with zero attached hydrogens (tertiary/aromatic N) is 2. The van der Waals surface area contributed by atoms with Gasteiger partial charge in [0.2, 0.25) is 0 Å². The van der Waals surface area contributed by atoms with Crippen molar-refractivity contribution in [1.29, 1.82) is 0 Å².